The van der Waals surface area contributed by atoms with Crippen LogP contribution in [0.25, 0.3) is 0 Å². The number of hydrogen-bond acceptors (Lipinski definition) is 2. The van der Waals surface area contributed by atoms with E-state index in [1.54, 1.807) is 0 Å². The van der Waals surface area contributed by atoms with E-state index in [4.69, 9.17) is 0 Å². The number of nitrogens with one attached hydrogen (secondary N) is 1. The third kappa shape index (κ3) is 3.11. The van der Waals surface area contributed by atoms with Crippen molar-refractivity contribution in [1.82, 2.24) is 15.1 Å². The van der Waals surface area contributed by atoms with Crippen molar-refractivity contribution in [3.8, 4) is 0 Å². The Morgan fingerprint density at radius 1 is 1.36 bits per heavy atom. The molecule has 22 heavy (non-hydrogen) atoms. The summed E-state index contributed by atoms with van der Waals surface area (Å²) < 4.78 is 1.90. The number of amides is 1. The van der Waals surface area contributed by atoms with Crippen molar-refractivity contribution >= 4 is 5.91 Å². The number of hydrogen-bond donors (Lipinski definition) is 1. The van der Waals surface area contributed by atoms with Crippen molar-refractivity contribution in [2.75, 3.05) is 6.54 Å². The molecule has 1 aliphatic rings. The first-order valence-corrected chi connectivity index (χ1v) is 8.08. The Hall–Kier alpha value is -1.58. The van der Waals surface area contributed by atoms with E-state index in [9.17, 15) is 4.79 Å². The lowest BCUT2D eigenvalue weighted by atomic mass is 10.1. The van der Waals surface area contributed by atoms with Crippen LogP contribution in [-0.2, 0) is 18.3 Å². The first-order chi connectivity index (χ1) is 10.2. The van der Waals surface area contributed by atoms with Gasteiger partial charge in [0, 0.05) is 19.3 Å². The van der Waals surface area contributed by atoms with Gasteiger partial charge in [0.1, 0.15) is 0 Å². The highest BCUT2D eigenvalue weighted by molar-refractivity contribution is 5.83. The van der Waals surface area contributed by atoms with Gasteiger partial charge in [0.25, 0.3) is 0 Å². The molecule has 4 nitrogen and oxygen atoms in total. The zero-order chi connectivity index (χ0) is 16.7. The molecule has 0 radical (unpaired) electrons. The molecule has 1 N–H and O–H groups in total. The highest BCUT2D eigenvalue weighted by Gasteiger charge is 2.60. The second-order valence-corrected chi connectivity index (χ2v) is 7.38. The van der Waals surface area contributed by atoms with Crippen LogP contribution in [0.3, 0.4) is 0 Å². The lowest BCUT2D eigenvalue weighted by Crippen LogP contribution is -2.29. The molecule has 0 aliphatic heterocycles. The van der Waals surface area contributed by atoms with Gasteiger partial charge in [-0.1, -0.05) is 25.5 Å². The van der Waals surface area contributed by atoms with Crippen LogP contribution >= 0.6 is 0 Å². The molecule has 2 rings (SSSR count). The Labute approximate surface area is 134 Å². The minimum absolute atomic E-state index is 0.0848. The molecule has 0 bridgehead atoms. The lowest BCUT2D eigenvalue weighted by molar-refractivity contribution is -0.123. The fourth-order valence-electron chi connectivity index (χ4n) is 3.45. The summed E-state index contributed by atoms with van der Waals surface area (Å²) in [4.78, 5) is 12.4. The first-order valence-electron chi connectivity index (χ1n) is 8.08. The van der Waals surface area contributed by atoms with E-state index >= 15 is 0 Å². The molecule has 2 unspecified atom stereocenters. The van der Waals surface area contributed by atoms with Gasteiger partial charge >= 0.3 is 0 Å². The van der Waals surface area contributed by atoms with Crippen LogP contribution in [0.2, 0.25) is 0 Å². The van der Waals surface area contributed by atoms with Crippen LogP contribution in [0.5, 0.6) is 0 Å². The molecule has 1 saturated carbocycles. The first kappa shape index (κ1) is 16.8. The number of carbonyl (C=O) groups excluding carboxylic acids is 1. The minimum atomic E-state index is 0.0848. The molecule has 0 spiro atoms. The Balaban J connectivity index is 1.90. The minimum Gasteiger partial charge on any atom is -0.355 e. The summed E-state index contributed by atoms with van der Waals surface area (Å²) in [6.45, 7) is 13.3. The van der Waals surface area contributed by atoms with Gasteiger partial charge in [-0.25, -0.2) is 0 Å². The molecular formula is C18H29N3O. The van der Waals surface area contributed by atoms with Crippen molar-refractivity contribution in [3.63, 3.8) is 0 Å². The Bertz CT molecular complexity index is 606. The van der Waals surface area contributed by atoms with Gasteiger partial charge in [-0.05, 0) is 51.0 Å². The molecule has 0 saturated heterocycles. The van der Waals surface area contributed by atoms with Crippen LogP contribution in [0.15, 0.2) is 11.6 Å². The summed E-state index contributed by atoms with van der Waals surface area (Å²) in [6.07, 6.45) is 3.08. The van der Waals surface area contributed by atoms with E-state index in [-0.39, 0.29) is 17.2 Å². The van der Waals surface area contributed by atoms with E-state index in [0.717, 1.165) is 12.1 Å². The second-order valence-electron chi connectivity index (χ2n) is 7.38. The standard InChI is InChI=1S/C18H29N3O/c1-11(2)10-15-16(18(15,5)6)17(22)19-9-8-14-12(3)20-21(7)13(14)4/h10,15-16H,8-9H2,1-7H3,(H,19,22). The van der Waals surface area contributed by atoms with Gasteiger partial charge in [0.15, 0.2) is 0 Å². The Morgan fingerprint density at radius 2 is 2.00 bits per heavy atom. The molecule has 4 heteroatoms. The fourth-order valence-corrected chi connectivity index (χ4v) is 3.45. The lowest BCUT2D eigenvalue weighted by Gasteiger charge is -2.07. The maximum absolute atomic E-state index is 12.4. The van der Waals surface area contributed by atoms with Crippen molar-refractivity contribution < 1.29 is 4.79 Å². The van der Waals surface area contributed by atoms with Gasteiger partial charge in [-0.3, -0.25) is 9.48 Å². The second kappa shape index (κ2) is 5.90. The van der Waals surface area contributed by atoms with E-state index in [0.29, 0.717) is 12.5 Å². The summed E-state index contributed by atoms with van der Waals surface area (Å²) in [5, 5.41) is 7.53. The van der Waals surface area contributed by atoms with Gasteiger partial charge in [0.2, 0.25) is 5.91 Å². The SMILES string of the molecule is CC(C)=CC1C(C(=O)NCCc2c(C)nn(C)c2C)C1(C)C. The van der Waals surface area contributed by atoms with Crippen molar-refractivity contribution in [2.45, 2.75) is 48.0 Å². The number of aryl methyl sites for hydroxylation is 2. The molecule has 1 amide bonds. The number of aromatic nitrogens is 2. The molecule has 1 fully saturated rings. The average Bonchev–Trinajstić information content (AvgIpc) is 2.83. The largest absolute Gasteiger partial charge is 0.355 e. The summed E-state index contributed by atoms with van der Waals surface area (Å²) >= 11 is 0. The van der Waals surface area contributed by atoms with Crippen LogP contribution in [0.1, 0.15) is 44.6 Å². The zero-order valence-electron chi connectivity index (χ0n) is 14.9. The highest BCUT2D eigenvalue weighted by Crippen LogP contribution is 2.59. The summed E-state index contributed by atoms with van der Waals surface area (Å²) in [7, 11) is 1.96. The molecular weight excluding hydrogens is 274 g/mol. The van der Waals surface area contributed by atoms with Crippen LogP contribution < -0.4 is 5.32 Å². The van der Waals surface area contributed by atoms with Gasteiger partial charge in [-0.15, -0.1) is 0 Å². The van der Waals surface area contributed by atoms with Crippen LogP contribution in [0.4, 0.5) is 0 Å². The Morgan fingerprint density at radius 3 is 2.50 bits per heavy atom. The van der Waals surface area contributed by atoms with E-state index in [1.165, 1.54) is 16.8 Å². The molecule has 1 aliphatic carbocycles. The van der Waals surface area contributed by atoms with E-state index in [1.807, 2.05) is 18.7 Å². The number of rotatable bonds is 5. The molecule has 0 aromatic carbocycles. The van der Waals surface area contributed by atoms with Crippen molar-refractivity contribution in [1.29, 1.82) is 0 Å². The molecule has 122 valence electrons. The summed E-state index contributed by atoms with van der Waals surface area (Å²) in [6, 6.07) is 0. The van der Waals surface area contributed by atoms with Crippen LogP contribution in [0, 0.1) is 31.1 Å². The topological polar surface area (TPSA) is 46.9 Å². The van der Waals surface area contributed by atoms with Crippen LogP contribution in [-0.4, -0.2) is 22.2 Å². The monoisotopic (exact) mass is 303 g/mol. The quantitative estimate of drug-likeness (QED) is 0.850. The smallest absolute Gasteiger partial charge is 0.224 e. The van der Waals surface area contributed by atoms with E-state index < -0.39 is 0 Å². The number of carbonyl (C=O) groups is 1. The molecule has 1 aromatic rings. The molecule has 1 heterocycles. The van der Waals surface area contributed by atoms with Gasteiger partial charge in [0.05, 0.1) is 11.6 Å². The normalized spacial score (nSPS) is 22.3. The predicted molar refractivity (Wildman–Crippen MR) is 89.6 cm³/mol. The molecule has 2 atom stereocenters. The summed E-state index contributed by atoms with van der Waals surface area (Å²) in [5.74, 6) is 0.671. The maximum Gasteiger partial charge on any atom is 0.224 e. The van der Waals surface area contributed by atoms with E-state index in [2.05, 4.69) is 51.1 Å². The maximum atomic E-state index is 12.4. The molecule has 1 aromatic heterocycles. The number of nitrogens with zero attached hydrogens (tertiary/aromatic N) is 2. The average molecular weight is 303 g/mol. The zero-order valence-corrected chi connectivity index (χ0v) is 14.9. The summed E-state index contributed by atoms with van der Waals surface area (Å²) in [5.41, 5.74) is 4.86. The third-order valence-electron chi connectivity index (χ3n) is 5.04. The Kier molecular flexibility index (Phi) is 4.50. The fraction of sp³-hybridized carbons (Fsp3) is 0.667. The van der Waals surface area contributed by atoms with Gasteiger partial charge < -0.3 is 5.32 Å². The third-order valence-corrected chi connectivity index (χ3v) is 5.04. The highest BCUT2D eigenvalue weighted by atomic mass is 16.2. The van der Waals surface area contributed by atoms with Gasteiger partial charge in [-0.2, -0.15) is 5.10 Å². The number of allylic oxidation sites excluding steroid dienone is 2. The predicted octanol–water partition coefficient (Wildman–Crippen LogP) is 2.93. The van der Waals surface area contributed by atoms with Crippen molar-refractivity contribution in [3.05, 3.63) is 28.6 Å². The van der Waals surface area contributed by atoms with Crippen molar-refractivity contribution in [2.24, 2.45) is 24.3 Å².